The van der Waals surface area contributed by atoms with Crippen LogP contribution in [0.1, 0.15) is 12.5 Å². The first-order valence-corrected chi connectivity index (χ1v) is 6.55. The monoisotopic (exact) mass is 304 g/mol. The van der Waals surface area contributed by atoms with Crippen molar-refractivity contribution in [3.05, 3.63) is 28.2 Å². The topological polar surface area (TPSA) is 46.5 Å². The molecule has 1 N–H and O–H groups in total. The van der Waals surface area contributed by atoms with Crippen molar-refractivity contribution in [1.29, 1.82) is 0 Å². The van der Waals surface area contributed by atoms with Crippen molar-refractivity contribution in [3.63, 3.8) is 0 Å². The summed E-state index contributed by atoms with van der Waals surface area (Å²) in [7, 11) is 1.61. The van der Waals surface area contributed by atoms with Gasteiger partial charge in [-0.05, 0) is 40.5 Å². The molecule has 0 bridgehead atoms. The Morgan fingerprint density at radius 3 is 2.81 bits per heavy atom. The predicted molar refractivity (Wildman–Crippen MR) is 69.1 cm³/mol. The van der Waals surface area contributed by atoms with Crippen molar-refractivity contribution in [2.45, 2.75) is 17.9 Å². The molecule has 0 aliphatic rings. The van der Waals surface area contributed by atoms with Crippen LogP contribution in [0.3, 0.4) is 0 Å². The Morgan fingerprint density at radius 2 is 2.31 bits per heavy atom. The maximum Gasteiger partial charge on any atom is 0.316 e. The molecule has 88 valence electrons. The van der Waals surface area contributed by atoms with Crippen LogP contribution in [-0.2, 0) is 10.5 Å². The number of methoxy groups -OCH3 is 1. The Bertz CT molecular complexity index is 381. The zero-order chi connectivity index (χ0) is 12.1. The van der Waals surface area contributed by atoms with E-state index < -0.39 is 5.97 Å². The van der Waals surface area contributed by atoms with Gasteiger partial charge < -0.3 is 9.84 Å². The quantitative estimate of drug-likeness (QED) is 0.907. The number of ether oxygens (including phenoxy) is 1. The molecule has 0 saturated carbocycles. The Balaban J connectivity index is 2.62. The van der Waals surface area contributed by atoms with E-state index in [0.717, 1.165) is 15.8 Å². The van der Waals surface area contributed by atoms with Gasteiger partial charge >= 0.3 is 5.97 Å². The van der Waals surface area contributed by atoms with E-state index in [0.29, 0.717) is 5.75 Å². The Kier molecular flexibility index (Phi) is 5.15. The molecule has 1 unspecified atom stereocenters. The molecule has 0 aromatic heterocycles. The molecule has 1 rings (SSSR count). The van der Waals surface area contributed by atoms with Crippen molar-refractivity contribution in [1.82, 2.24) is 0 Å². The van der Waals surface area contributed by atoms with Gasteiger partial charge in [0.2, 0.25) is 0 Å². The van der Waals surface area contributed by atoms with Gasteiger partial charge in [-0.15, -0.1) is 11.8 Å². The lowest BCUT2D eigenvalue weighted by atomic mass is 10.2. The molecule has 16 heavy (non-hydrogen) atoms. The van der Waals surface area contributed by atoms with Gasteiger partial charge in [0, 0.05) is 5.75 Å². The van der Waals surface area contributed by atoms with Crippen LogP contribution in [0.4, 0.5) is 0 Å². The van der Waals surface area contributed by atoms with Gasteiger partial charge in [-0.3, -0.25) is 4.79 Å². The van der Waals surface area contributed by atoms with Crippen LogP contribution >= 0.6 is 27.7 Å². The Morgan fingerprint density at radius 1 is 1.62 bits per heavy atom. The third-order valence-electron chi connectivity index (χ3n) is 2.06. The average molecular weight is 305 g/mol. The number of thioether (sulfide) groups is 1. The van der Waals surface area contributed by atoms with Gasteiger partial charge in [0.05, 0.1) is 16.8 Å². The summed E-state index contributed by atoms with van der Waals surface area (Å²) in [5.74, 6) is 0.674. The first kappa shape index (κ1) is 13.4. The molecular weight excluding hydrogens is 292 g/mol. The summed E-state index contributed by atoms with van der Waals surface area (Å²) in [6.45, 7) is 1.69. The number of carboxylic acids is 1. The second kappa shape index (κ2) is 6.15. The molecule has 0 radical (unpaired) electrons. The number of hydrogen-bond acceptors (Lipinski definition) is 3. The highest BCUT2D eigenvalue weighted by Crippen LogP contribution is 2.28. The van der Waals surface area contributed by atoms with Crippen molar-refractivity contribution < 1.29 is 14.6 Å². The summed E-state index contributed by atoms with van der Waals surface area (Å²) in [6, 6.07) is 5.75. The van der Waals surface area contributed by atoms with E-state index >= 15 is 0 Å². The molecule has 0 spiro atoms. The molecule has 0 saturated heterocycles. The lowest BCUT2D eigenvalue weighted by molar-refractivity contribution is -0.136. The number of carboxylic acid groups (broad SMARTS) is 1. The molecule has 3 nitrogen and oxygen atoms in total. The van der Waals surface area contributed by atoms with E-state index in [-0.39, 0.29) is 5.25 Å². The van der Waals surface area contributed by atoms with Crippen LogP contribution in [0.5, 0.6) is 5.75 Å². The van der Waals surface area contributed by atoms with Crippen molar-refractivity contribution >= 4 is 33.7 Å². The minimum atomic E-state index is -0.780. The smallest absolute Gasteiger partial charge is 0.316 e. The molecule has 1 aromatic rings. The van der Waals surface area contributed by atoms with Gasteiger partial charge in [0.1, 0.15) is 5.75 Å². The van der Waals surface area contributed by atoms with E-state index in [9.17, 15) is 4.79 Å². The van der Waals surface area contributed by atoms with Gasteiger partial charge in [-0.2, -0.15) is 0 Å². The third-order valence-corrected chi connectivity index (χ3v) is 3.89. The normalized spacial score (nSPS) is 12.2. The fourth-order valence-electron chi connectivity index (χ4n) is 1.09. The van der Waals surface area contributed by atoms with Crippen LogP contribution in [0.15, 0.2) is 22.7 Å². The van der Waals surface area contributed by atoms with Crippen molar-refractivity contribution in [3.8, 4) is 5.75 Å². The number of aliphatic carboxylic acids is 1. The average Bonchev–Trinajstić information content (AvgIpc) is 2.25. The maximum absolute atomic E-state index is 10.6. The summed E-state index contributed by atoms with van der Waals surface area (Å²) < 4.78 is 6.00. The van der Waals surface area contributed by atoms with Crippen LogP contribution in [0, 0.1) is 0 Å². The van der Waals surface area contributed by atoms with E-state index in [2.05, 4.69) is 15.9 Å². The fourth-order valence-corrected chi connectivity index (χ4v) is 2.44. The van der Waals surface area contributed by atoms with E-state index in [1.54, 1.807) is 14.0 Å². The molecule has 0 aliphatic heterocycles. The zero-order valence-electron chi connectivity index (χ0n) is 9.07. The predicted octanol–water partition coefficient (Wildman–Crippen LogP) is 3.16. The maximum atomic E-state index is 10.6. The van der Waals surface area contributed by atoms with Crippen molar-refractivity contribution in [2.75, 3.05) is 7.11 Å². The van der Waals surface area contributed by atoms with Crippen LogP contribution in [0.25, 0.3) is 0 Å². The van der Waals surface area contributed by atoms with Gasteiger partial charge in [0.25, 0.3) is 0 Å². The number of hydrogen-bond donors (Lipinski definition) is 1. The molecular formula is C11H13BrO3S. The summed E-state index contributed by atoms with van der Waals surface area (Å²) >= 11 is 4.79. The SMILES string of the molecule is COc1ccc(CSC(C)C(=O)O)cc1Br. The number of rotatable bonds is 5. The van der Waals surface area contributed by atoms with E-state index in [1.807, 2.05) is 18.2 Å². The van der Waals surface area contributed by atoms with Crippen LogP contribution < -0.4 is 4.74 Å². The summed E-state index contributed by atoms with van der Waals surface area (Å²) in [4.78, 5) is 10.6. The first-order valence-electron chi connectivity index (χ1n) is 4.71. The molecule has 5 heteroatoms. The molecule has 1 aromatic carbocycles. The van der Waals surface area contributed by atoms with Crippen molar-refractivity contribution in [2.24, 2.45) is 0 Å². The Hall–Kier alpha value is -0.680. The molecule has 0 amide bonds. The highest BCUT2D eigenvalue weighted by Gasteiger charge is 2.11. The second-order valence-corrected chi connectivity index (χ2v) is 5.44. The Labute approximate surface area is 107 Å². The number of carbonyl (C=O) groups is 1. The number of benzene rings is 1. The van der Waals surface area contributed by atoms with Gasteiger partial charge in [-0.1, -0.05) is 6.07 Å². The highest BCUT2D eigenvalue weighted by atomic mass is 79.9. The standard InChI is InChI=1S/C11H13BrO3S/c1-7(11(13)14)16-6-8-3-4-10(15-2)9(12)5-8/h3-5,7H,6H2,1-2H3,(H,13,14). The summed E-state index contributed by atoms with van der Waals surface area (Å²) in [5.41, 5.74) is 1.07. The minimum Gasteiger partial charge on any atom is -0.496 e. The minimum absolute atomic E-state index is 0.388. The first-order chi connectivity index (χ1) is 7.54. The third kappa shape index (κ3) is 3.72. The highest BCUT2D eigenvalue weighted by molar-refractivity contribution is 9.10. The largest absolute Gasteiger partial charge is 0.496 e. The summed E-state index contributed by atoms with van der Waals surface area (Å²) in [6.07, 6.45) is 0. The zero-order valence-corrected chi connectivity index (χ0v) is 11.5. The van der Waals surface area contributed by atoms with Crippen LogP contribution in [-0.4, -0.2) is 23.4 Å². The van der Waals surface area contributed by atoms with Gasteiger partial charge in [-0.25, -0.2) is 0 Å². The van der Waals surface area contributed by atoms with E-state index in [4.69, 9.17) is 9.84 Å². The number of halogens is 1. The molecule has 1 atom stereocenters. The molecule has 0 fully saturated rings. The fraction of sp³-hybridized carbons (Fsp3) is 0.364. The second-order valence-electron chi connectivity index (χ2n) is 3.26. The molecule has 0 aliphatic carbocycles. The lowest BCUT2D eigenvalue weighted by Gasteiger charge is -2.08. The van der Waals surface area contributed by atoms with Gasteiger partial charge in [0.15, 0.2) is 0 Å². The van der Waals surface area contributed by atoms with Crippen LogP contribution in [0.2, 0.25) is 0 Å². The summed E-state index contributed by atoms with van der Waals surface area (Å²) in [5, 5.41) is 8.36. The molecule has 0 heterocycles. The van der Waals surface area contributed by atoms with E-state index in [1.165, 1.54) is 11.8 Å². The lowest BCUT2D eigenvalue weighted by Crippen LogP contribution is -2.11.